The van der Waals surface area contributed by atoms with E-state index in [2.05, 4.69) is 16.9 Å². The molecule has 0 aliphatic rings. The molecule has 2 heterocycles. The summed E-state index contributed by atoms with van der Waals surface area (Å²) in [4.78, 5) is 34.6. The van der Waals surface area contributed by atoms with Crippen molar-refractivity contribution in [1.82, 2.24) is 9.97 Å². The van der Waals surface area contributed by atoms with Gasteiger partial charge < -0.3 is 9.72 Å². The fourth-order valence-corrected chi connectivity index (χ4v) is 4.40. The van der Waals surface area contributed by atoms with Crippen molar-refractivity contribution in [2.24, 2.45) is 5.92 Å². The zero-order chi connectivity index (χ0) is 20.4. The number of hydrogen-bond acceptors (Lipinski definition) is 5. The van der Waals surface area contributed by atoms with Crippen molar-refractivity contribution in [2.45, 2.75) is 53.1 Å². The van der Waals surface area contributed by atoms with Crippen LogP contribution in [0.3, 0.4) is 0 Å². The summed E-state index contributed by atoms with van der Waals surface area (Å²) in [5, 5.41) is 0.617. The Morgan fingerprint density at radius 3 is 2.54 bits per heavy atom. The Hall–Kier alpha value is -2.47. The molecule has 0 bridgehead atoms. The van der Waals surface area contributed by atoms with Crippen LogP contribution in [0.4, 0.5) is 0 Å². The summed E-state index contributed by atoms with van der Waals surface area (Å²) in [5.74, 6) is -0.132. The lowest BCUT2D eigenvalue weighted by molar-refractivity contribution is -0.152. The number of benzene rings is 1. The molecule has 0 aliphatic carbocycles. The van der Waals surface area contributed by atoms with Crippen LogP contribution < -0.4 is 5.56 Å². The number of H-pyrrole nitrogens is 1. The smallest absolute Gasteiger partial charge is 0.314 e. The van der Waals surface area contributed by atoms with Crippen LogP contribution in [0.1, 0.15) is 61.0 Å². The van der Waals surface area contributed by atoms with E-state index in [1.807, 2.05) is 51.1 Å². The van der Waals surface area contributed by atoms with Crippen molar-refractivity contribution in [3.8, 4) is 0 Å². The topological polar surface area (TPSA) is 72.0 Å². The molecule has 3 rings (SSSR count). The zero-order valence-corrected chi connectivity index (χ0v) is 17.7. The highest BCUT2D eigenvalue weighted by Crippen LogP contribution is 2.31. The van der Waals surface area contributed by atoms with Gasteiger partial charge in [-0.3, -0.25) is 9.59 Å². The third-order valence-corrected chi connectivity index (χ3v) is 6.46. The van der Waals surface area contributed by atoms with Crippen LogP contribution >= 0.6 is 11.3 Å². The summed E-state index contributed by atoms with van der Waals surface area (Å²) in [6, 6.07) is 9.68. The van der Waals surface area contributed by atoms with Gasteiger partial charge in [-0.2, -0.15) is 0 Å². The predicted octanol–water partition coefficient (Wildman–Crippen LogP) is 5.04. The predicted molar refractivity (Wildman–Crippen MR) is 113 cm³/mol. The molecular weight excluding hydrogens is 372 g/mol. The Morgan fingerprint density at radius 2 is 1.89 bits per heavy atom. The molecule has 3 aromatic rings. The van der Waals surface area contributed by atoms with E-state index in [9.17, 15) is 9.59 Å². The number of aromatic amines is 1. The molecule has 148 valence electrons. The number of hydrogen-bond donors (Lipinski definition) is 1. The van der Waals surface area contributed by atoms with E-state index in [0.717, 1.165) is 22.4 Å². The number of carbonyl (C=O) groups is 1. The minimum Gasteiger partial charge on any atom is -0.454 e. The van der Waals surface area contributed by atoms with E-state index in [1.165, 1.54) is 11.3 Å². The van der Waals surface area contributed by atoms with Gasteiger partial charge in [0, 0.05) is 4.88 Å². The number of carbonyl (C=O) groups excluding carboxylic acids is 1. The van der Waals surface area contributed by atoms with Crippen molar-refractivity contribution in [3.05, 3.63) is 62.5 Å². The quantitative estimate of drug-likeness (QED) is 0.591. The first-order chi connectivity index (χ1) is 13.3. The molecule has 0 spiro atoms. The van der Waals surface area contributed by atoms with Crippen LogP contribution in [0.5, 0.6) is 0 Å². The Morgan fingerprint density at radius 1 is 1.21 bits per heavy atom. The zero-order valence-electron chi connectivity index (χ0n) is 16.9. The second-order valence-electron chi connectivity index (χ2n) is 7.27. The second-order valence-corrected chi connectivity index (χ2v) is 8.47. The lowest BCUT2D eigenvalue weighted by Crippen LogP contribution is -2.24. The maximum absolute atomic E-state index is 13.0. The molecule has 3 atom stereocenters. The monoisotopic (exact) mass is 398 g/mol. The molecule has 2 aromatic heterocycles. The largest absolute Gasteiger partial charge is 0.454 e. The summed E-state index contributed by atoms with van der Waals surface area (Å²) in [6.45, 7) is 9.75. The average Bonchev–Trinajstić information content (AvgIpc) is 2.96. The average molecular weight is 399 g/mol. The summed E-state index contributed by atoms with van der Waals surface area (Å²) >= 11 is 1.48. The Kier molecular flexibility index (Phi) is 5.98. The molecule has 28 heavy (non-hydrogen) atoms. The molecule has 0 aliphatic heterocycles. The Bertz CT molecular complexity index is 1040. The molecule has 0 amide bonds. The maximum Gasteiger partial charge on any atom is 0.314 e. The first kappa shape index (κ1) is 20.3. The number of fused-ring (bicyclic) bond motifs is 1. The summed E-state index contributed by atoms with van der Waals surface area (Å²) in [5.41, 5.74) is 1.70. The summed E-state index contributed by atoms with van der Waals surface area (Å²) < 4.78 is 5.75. The number of esters is 1. The van der Waals surface area contributed by atoms with Gasteiger partial charge in [-0.05, 0) is 37.8 Å². The molecule has 5 nitrogen and oxygen atoms in total. The summed E-state index contributed by atoms with van der Waals surface area (Å²) in [6.07, 6.45) is 0.222. The normalized spacial score (nSPS) is 14.6. The first-order valence-electron chi connectivity index (χ1n) is 9.58. The van der Waals surface area contributed by atoms with Crippen molar-refractivity contribution >= 4 is 27.5 Å². The number of rotatable bonds is 6. The fraction of sp³-hybridized carbons (Fsp3) is 0.409. The van der Waals surface area contributed by atoms with Gasteiger partial charge in [-0.25, -0.2) is 4.98 Å². The van der Waals surface area contributed by atoms with Gasteiger partial charge in [-0.15, -0.1) is 11.3 Å². The Labute approximate surface area is 168 Å². The standard InChI is InChI=1S/C22H26N2O3S/c1-6-12(2)17(16-10-8-7-9-11-16)22(26)27-14(4)19-23-20(25)18-13(3)15(5)28-21(18)24-19/h7-12,14,17H,6H2,1-5H3,(H,23,24,25)/t12-,14+,17+/m1/s1. The van der Waals surface area contributed by atoms with Gasteiger partial charge in [0.05, 0.1) is 11.3 Å². The number of aromatic nitrogens is 2. The molecule has 0 saturated carbocycles. The fourth-order valence-electron chi connectivity index (χ4n) is 3.36. The van der Waals surface area contributed by atoms with Crippen molar-refractivity contribution < 1.29 is 9.53 Å². The molecule has 0 saturated heterocycles. The minimum absolute atomic E-state index is 0.138. The number of ether oxygens (including phenoxy) is 1. The van der Waals surface area contributed by atoms with Crippen LogP contribution in [0.25, 0.3) is 10.2 Å². The lowest BCUT2D eigenvalue weighted by atomic mass is 9.85. The molecule has 1 aromatic carbocycles. The van der Waals surface area contributed by atoms with Crippen LogP contribution in [0.2, 0.25) is 0 Å². The maximum atomic E-state index is 13.0. The van der Waals surface area contributed by atoms with Crippen molar-refractivity contribution in [3.63, 3.8) is 0 Å². The van der Waals surface area contributed by atoms with Gasteiger partial charge in [0.25, 0.3) is 5.56 Å². The van der Waals surface area contributed by atoms with Gasteiger partial charge >= 0.3 is 5.97 Å². The van der Waals surface area contributed by atoms with E-state index in [-0.39, 0.29) is 23.4 Å². The van der Waals surface area contributed by atoms with Crippen molar-refractivity contribution in [1.29, 1.82) is 0 Å². The highest BCUT2D eigenvalue weighted by Gasteiger charge is 2.29. The van der Waals surface area contributed by atoms with E-state index >= 15 is 0 Å². The number of nitrogens with one attached hydrogen (secondary N) is 1. The molecule has 6 heteroatoms. The second kappa shape index (κ2) is 8.27. The van der Waals surface area contributed by atoms with E-state index < -0.39 is 6.10 Å². The van der Waals surface area contributed by atoms with Gasteiger partial charge in [0.15, 0.2) is 11.9 Å². The minimum atomic E-state index is -0.636. The number of thiophene rings is 1. The first-order valence-corrected chi connectivity index (χ1v) is 10.4. The van der Waals surface area contributed by atoms with Crippen LogP contribution in [0.15, 0.2) is 35.1 Å². The van der Waals surface area contributed by atoms with Crippen molar-refractivity contribution in [2.75, 3.05) is 0 Å². The van der Waals surface area contributed by atoms with Crippen LogP contribution in [-0.2, 0) is 9.53 Å². The van der Waals surface area contributed by atoms with Gasteiger partial charge in [0.1, 0.15) is 4.83 Å². The van der Waals surface area contributed by atoms with E-state index in [4.69, 9.17) is 4.74 Å². The van der Waals surface area contributed by atoms with Crippen LogP contribution in [0, 0.1) is 19.8 Å². The molecule has 0 unspecified atom stereocenters. The highest BCUT2D eigenvalue weighted by atomic mass is 32.1. The van der Waals surface area contributed by atoms with Gasteiger partial charge in [0.2, 0.25) is 0 Å². The molecule has 0 radical (unpaired) electrons. The van der Waals surface area contributed by atoms with E-state index in [0.29, 0.717) is 16.0 Å². The lowest BCUT2D eigenvalue weighted by Gasteiger charge is -2.23. The summed E-state index contributed by atoms with van der Waals surface area (Å²) in [7, 11) is 0. The third-order valence-electron chi connectivity index (χ3n) is 5.36. The highest BCUT2D eigenvalue weighted by molar-refractivity contribution is 7.18. The van der Waals surface area contributed by atoms with Crippen LogP contribution in [-0.4, -0.2) is 15.9 Å². The van der Waals surface area contributed by atoms with E-state index in [1.54, 1.807) is 6.92 Å². The molecular formula is C22H26N2O3S. The van der Waals surface area contributed by atoms with Gasteiger partial charge in [-0.1, -0.05) is 50.6 Å². The SMILES string of the molecule is CC[C@@H](C)[C@H](C(=O)O[C@@H](C)c1nc2sc(C)c(C)c2c(=O)[nH]1)c1ccccc1. The third kappa shape index (κ3) is 3.87. The number of nitrogens with zero attached hydrogens (tertiary/aromatic N) is 1. The molecule has 1 N–H and O–H groups in total. The Balaban J connectivity index is 1.88. The molecule has 0 fully saturated rings. The number of aryl methyl sites for hydroxylation is 2.